The minimum absolute atomic E-state index is 0.0287. The zero-order chi connectivity index (χ0) is 32.1. The molecule has 2 aromatic carbocycles. The van der Waals surface area contributed by atoms with Gasteiger partial charge in [-0.25, -0.2) is 13.2 Å². The first-order valence-electron chi connectivity index (χ1n) is 14.9. The van der Waals surface area contributed by atoms with Crippen molar-refractivity contribution in [3.05, 3.63) is 41.0 Å². The second-order valence-electron chi connectivity index (χ2n) is 12.5. The van der Waals surface area contributed by atoms with E-state index in [0.29, 0.717) is 43.9 Å². The highest BCUT2D eigenvalue weighted by atomic mass is 32.1. The number of morpholine rings is 1. The molecule has 2 aromatic heterocycles. The Bertz CT molecular complexity index is 1960. The molecule has 4 saturated heterocycles. The Labute approximate surface area is 262 Å². The van der Waals surface area contributed by atoms with E-state index in [9.17, 15) is 27.2 Å². The van der Waals surface area contributed by atoms with Gasteiger partial charge in [-0.15, -0.1) is 11.3 Å². The van der Waals surface area contributed by atoms with Crippen LogP contribution in [0.5, 0.6) is 6.01 Å². The smallest absolute Gasteiger partial charge is 0.417 e. The number of alkyl halides is 4. The van der Waals surface area contributed by atoms with Crippen molar-refractivity contribution < 1.29 is 35.8 Å². The normalized spacial score (nSPS) is 26.0. The summed E-state index contributed by atoms with van der Waals surface area (Å²) in [5.74, 6) is -2.06. The molecule has 240 valence electrons. The van der Waals surface area contributed by atoms with E-state index in [4.69, 9.17) is 15.2 Å². The molecule has 0 radical (unpaired) electrons. The van der Waals surface area contributed by atoms with Gasteiger partial charge in [0, 0.05) is 35.8 Å². The third-order valence-electron chi connectivity index (χ3n) is 9.80. The summed E-state index contributed by atoms with van der Waals surface area (Å²) in [6, 6.07) is 4.13. The maximum absolute atomic E-state index is 16.9. The maximum atomic E-state index is 16.9. The lowest BCUT2D eigenvalue weighted by Gasteiger charge is -2.32. The number of ether oxygens (including phenoxy) is 2. The number of hydrogen-bond donors (Lipinski definition) is 1. The Hall–Kier alpha value is -3.87. The van der Waals surface area contributed by atoms with Crippen LogP contribution in [0.15, 0.2) is 18.2 Å². The van der Waals surface area contributed by atoms with Crippen molar-refractivity contribution in [2.24, 2.45) is 0 Å². The number of nitrogens with zero attached hydrogens (tertiary/aromatic N) is 5. The van der Waals surface area contributed by atoms with Crippen molar-refractivity contribution in [2.45, 2.75) is 55.7 Å². The van der Waals surface area contributed by atoms with Gasteiger partial charge < -0.3 is 20.1 Å². The predicted octanol–water partition coefficient (Wildman–Crippen LogP) is 6.20. The van der Waals surface area contributed by atoms with Crippen LogP contribution in [-0.4, -0.2) is 71.6 Å². The summed E-state index contributed by atoms with van der Waals surface area (Å²) in [5.41, 5.74) is 2.12. The van der Waals surface area contributed by atoms with E-state index in [2.05, 4.69) is 9.97 Å². The molecule has 0 aliphatic carbocycles. The summed E-state index contributed by atoms with van der Waals surface area (Å²) < 4.78 is 102. The number of thiophene rings is 1. The lowest BCUT2D eigenvalue weighted by atomic mass is 9.92. The van der Waals surface area contributed by atoms with Crippen LogP contribution in [0.4, 0.5) is 37.2 Å². The fraction of sp³-hybridized carbons (Fsp3) is 0.452. The van der Waals surface area contributed by atoms with Gasteiger partial charge in [-0.05, 0) is 43.5 Å². The minimum atomic E-state index is -5.06. The van der Waals surface area contributed by atoms with Crippen molar-refractivity contribution in [3.63, 3.8) is 0 Å². The molecule has 0 spiro atoms. The first kappa shape index (κ1) is 29.5. The van der Waals surface area contributed by atoms with Gasteiger partial charge in [0.1, 0.15) is 41.0 Å². The number of fused-ring (bicyclic) bond motifs is 5. The molecular weight excluding hydrogens is 634 g/mol. The molecule has 15 heteroatoms. The van der Waals surface area contributed by atoms with Crippen molar-refractivity contribution in [3.8, 4) is 23.2 Å². The monoisotopic (exact) mass is 660 g/mol. The summed E-state index contributed by atoms with van der Waals surface area (Å²) in [6.07, 6.45) is -3.78. The Kier molecular flexibility index (Phi) is 6.62. The zero-order valence-corrected chi connectivity index (χ0v) is 25.0. The molecule has 4 aliphatic rings. The third-order valence-corrected chi connectivity index (χ3v) is 10.8. The summed E-state index contributed by atoms with van der Waals surface area (Å²) in [7, 11) is 0. The van der Waals surface area contributed by atoms with Crippen LogP contribution < -0.4 is 15.4 Å². The van der Waals surface area contributed by atoms with Gasteiger partial charge in [0.15, 0.2) is 5.82 Å². The van der Waals surface area contributed by atoms with E-state index in [-0.39, 0.29) is 75.1 Å². The number of aromatic nitrogens is 2. The van der Waals surface area contributed by atoms with Crippen molar-refractivity contribution in [1.82, 2.24) is 14.9 Å². The Balaban J connectivity index is 1.35. The molecule has 4 atom stereocenters. The Morgan fingerprint density at radius 2 is 2.04 bits per heavy atom. The number of halogens is 6. The maximum Gasteiger partial charge on any atom is 0.417 e. The average Bonchev–Trinajstić information content (AvgIpc) is 3.83. The van der Waals surface area contributed by atoms with Crippen molar-refractivity contribution >= 4 is 43.1 Å². The highest BCUT2D eigenvalue weighted by Gasteiger charge is 2.50. The van der Waals surface area contributed by atoms with E-state index >= 15 is 4.39 Å². The molecule has 8 rings (SSSR count). The second kappa shape index (κ2) is 10.3. The number of nitrogen functional groups attached to an aromatic ring is 1. The first-order chi connectivity index (χ1) is 22.0. The van der Waals surface area contributed by atoms with Crippen molar-refractivity contribution in [1.29, 1.82) is 5.26 Å². The van der Waals surface area contributed by atoms with E-state index in [1.54, 1.807) is 4.90 Å². The van der Waals surface area contributed by atoms with Crippen LogP contribution in [0.2, 0.25) is 0 Å². The number of anilines is 2. The Morgan fingerprint density at radius 1 is 1.22 bits per heavy atom. The molecule has 2 N–H and O–H groups in total. The van der Waals surface area contributed by atoms with Gasteiger partial charge in [0.05, 0.1) is 40.1 Å². The summed E-state index contributed by atoms with van der Waals surface area (Å²) >= 11 is 0.698. The fourth-order valence-electron chi connectivity index (χ4n) is 7.78. The van der Waals surface area contributed by atoms with Gasteiger partial charge in [0.2, 0.25) is 0 Å². The van der Waals surface area contributed by atoms with Crippen molar-refractivity contribution in [2.75, 3.05) is 43.5 Å². The average molecular weight is 661 g/mol. The number of nitrogens with two attached hydrogens (primary N) is 1. The molecule has 4 aliphatic heterocycles. The van der Waals surface area contributed by atoms with Crippen LogP contribution in [0.25, 0.3) is 32.1 Å². The zero-order valence-electron chi connectivity index (χ0n) is 24.1. The standard InChI is InChI=1S/C31H26F6N6O2S/c32-14-8-30(4-1-5-42(30)10-14)13-45-29-40-25-18(28(41-29)43-11-16-6-15(43)12-44-16)7-20(31(35,36)37)23(24(25)34)17-2-3-21(33)26-22(17)19(9-38)27(39)46-26/h2-3,7,14-16H,1,4-6,8,10-13,39H2/t14-,15?,16?,30+/m1/s1. The lowest BCUT2D eigenvalue weighted by Crippen LogP contribution is -2.43. The number of hydrogen-bond acceptors (Lipinski definition) is 9. The minimum Gasteiger partial charge on any atom is -0.461 e. The number of benzene rings is 2. The lowest BCUT2D eigenvalue weighted by molar-refractivity contribution is -0.137. The summed E-state index contributed by atoms with van der Waals surface area (Å²) in [5, 5.41) is 9.28. The molecule has 0 saturated carbocycles. The highest BCUT2D eigenvalue weighted by molar-refractivity contribution is 7.23. The molecule has 0 amide bonds. The van der Waals surface area contributed by atoms with Gasteiger partial charge in [-0.1, -0.05) is 6.07 Å². The molecule has 4 aromatic rings. The molecule has 4 fully saturated rings. The number of rotatable bonds is 5. The third kappa shape index (κ3) is 4.40. The topological polar surface area (TPSA) is 101 Å². The molecular formula is C31H26F6N6O2S. The SMILES string of the molecule is N#Cc1c(N)sc2c(F)ccc(-c3c(C(F)(F)F)cc4c(N5CC6CC5CO6)nc(OC[C@@]56CCCN5C[C@H](F)C6)nc4c3F)c12. The molecule has 2 bridgehead atoms. The van der Waals surface area contributed by atoms with Crippen LogP contribution in [-0.2, 0) is 10.9 Å². The molecule has 46 heavy (non-hydrogen) atoms. The highest BCUT2D eigenvalue weighted by Crippen LogP contribution is 2.49. The van der Waals surface area contributed by atoms with E-state index < -0.39 is 46.2 Å². The molecule has 2 unspecified atom stereocenters. The van der Waals surface area contributed by atoms with Crippen LogP contribution in [0.3, 0.4) is 0 Å². The van der Waals surface area contributed by atoms with Gasteiger partial charge in [-0.2, -0.15) is 28.4 Å². The second-order valence-corrected chi connectivity index (χ2v) is 13.5. The largest absolute Gasteiger partial charge is 0.461 e. The van der Waals surface area contributed by atoms with E-state index in [0.717, 1.165) is 24.6 Å². The van der Waals surface area contributed by atoms with Crippen LogP contribution >= 0.6 is 11.3 Å². The summed E-state index contributed by atoms with van der Waals surface area (Å²) in [6.45, 7) is 1.69. The number of nitriles is 1. The molecule has 6 heterocycles. The van der Waals surface area contributed by atoms with Crippen LogP contribution in [0.1, 0.15) is 36.8 Å². The van der Waals surface area contributed by atoms with E-state index in [1.807, 2.05) is 11.0 Å². The van der Waals surface area contributed by atoms with Crippen LogP contribution in [0, 0.1) is 23.0 Å². The summed E-state index contributed by atoms with van der Waals surface area (Å²) in [4.78, 5) is 12.7. The van der Waals surface area contributed by atoms with Gasteiger partial charge >= 0.3 is 12.2 Å². The Morgan fingerprint density at radius 3 is 2.76 bits per heavy atom. The fourth-order valence-corrected chi connectivity index (χ4v) is 8.73. The van der Waals surface area contributed by atoms with E-state index in [1.165, 1.54) is 0 Å². The van der Waals surface area contributed by atoms with Gasteiger partial charge in [-0.3, -0.25) is 4.90 Å². The first-order valence-corrected chi connectivity index (χ1v) is 15.7. The predicted molar refractivity (Wildman–Crippen MR) is 158 cm³/mol. The molecule has 8 nitrogen and oxygen atoms in total. The van der Waals surface area contributed by atoms with Gasteiger partial charge in [0.25, 0.3) is 0 Å². The quantitative estimate of drug-likeness (QED) is 0.253.